The van der Waals surface area contributed by atoms with Crippen LogP contribution in [0.3, 0.4) is 0 Å². The Morgan fingerprint density at radius 1 is 1.08 bits per heavy atom. The third-order valence-corrected chi connectivity index (χ3v) is 7.64. The van der Waals surface area contributed by atoms with Gasteiger partial charge in [-0.05, 0) is 94.4 Å². The van der Waals surface area contributed by atoms with Gasteiger partial charge in [-0.25, -0.2) is 0 Å². The number of β-amino-alcohol motifs (C(OH)–C–C–N with tert-alkyl or cyclic N) is 1. The molecule has 0 amide bonds. The molecule has 4 bridgehead atoms. The number of halogens is 1. The number of likely N-dealkylation sites (tertiary alicyclic amines) is 1. The Balaban J connectivity index is 0.00000182. The van der Waals surface area contributed by atoms with Crippen molar-refractivity contribution in [2.24, 2.45) is 23.2 Å². The van der Waals surface area contributed by atoms with Crippen LogP contribution in [0.2, 0.25) is 0 Å². The van der Waals surface area contributed by atoms with Crippen molar-refractivity contribution in [2.45, 2.75) is 83.3 Å². The normalized spacial score (nSPS) is 41.5. The van der Waals surface area contributed by atoms with E-state index in [9.17, 15) is 5.11 Å². The average Bonchev–Trinajstić information content (AvgIpc) is 2.53. The topological polar surface area (TPSA) is 32.7 Å². The van der Waals surface area contributed by atoms with E-state index in [1.165, 1.54) is 64.2 Å². The van der Waals surface area contributed by atoms with Crippen LogP contribution >= 0.6 is 12.4 Å². The van der Waals surface area contributed by atoms with Gasteiger partial charge in [-0.2, -0.15) is 0 Å². The Morgan fingerprint density at radius 2 is 1.72 bits per heavy atom. The van der Waals surface area contributed by atoms with E-state index in [4.69, 9.17) is 4.74 Å². The van der Waals surface area contributed by atoms with Gasteiger partial charge in [0, 0.05) is 19.2 Å². The number of piperidine rings is 1. The minimum atomic E-state index is -0.318. The van der Waals surface area contributed by atoms with E-state index in [1.54, 1.807) is 0 Å². The van der Waals surface area contributed by atoms with E-state index in [0.717, 1.165) is 37.5 Å². The van der Waals surface area contributed by atoms with Gasteiger partial charge in [0.1, 0.15) is 0 Å². The molecule has 0 aromatic carbocycles. The summed E-state index contributed by atoms with van der Waals surface area (Å²) >= 11 is 0. The van der Waals surface area contributed by atoms with Crippen molar-refractivity contribution in [3.8, 4) is 0 Å². The molecular weight excluding hydrogens is 334 g/mol. The fourth-order valence-electron chi connectivity index (χ4n) is 6.86. The van der Waals surface area contributed by atoms with Gasteiger partial charge in [0.05, 0.1) is 12.7 Å². The lowest BCUT2D eigenvalue weighted by Crippen LogP contribution is -2.46. The summed E-state index contributed by atoms with van der Waals surface area (Å²) < 4.78 is 5.93. The van der Waals surface area contributed by atoms with Gasteiger partial charge in [-0.3, -0.25) is 4.90 Å². The fraction of sp³-hybridized carbons (Fsp3) is 1.00. The highest BCUT2D eigenvalue weighted by molar-refractivity contribution is 5.85. The smallest absolute Gasteiger partial charge is 0.0900 e. The van der Waals surface area contributed by atoms with E-state index >= 15 is 0 Å². The van der Waals surface area contributed by atoms with Gasteiger partial charge in [-0.15, -0.1) is 12.4 Å². The maximum absolute atomic E-state index is 10.3. The van der Waals surface area contributed by atoms with Crippen LogP contribution in [0.4, 0.5) is 0 Å². The summed E-state index contributed by atoms with van der Waals surface area (Å²) in [6.45, 7) is 5.61. The second kappa shape index (κ2) is 8.46. The third-order valence-electron chi connectivity index (χ3n) is 7.64. The number of rotatable bonds is 7. The van der Waals surface area contributed by atoms with Crippen molar-refractivity contribution < 1.29 is 9.84 Å². The van der Waals surface area contributed by atoms with Crippen molar-refractivity contribution in [3.63, 3.8) is 0 Å². The van der Waals surface area contributed by atoms with Crippen molar-refractivity contribution in [1.82, 2.24) is 4.90 Å². The third kappa shape index (κ3) is 4.72. The van der Waals surface area contributed by atoms with Crippen LogP contribution in [0.5, 0.6) is 0 Å². The largest absolute Gasteiger partial charge is 0.389 e. The number of aliphatic hydroxyl groups is 1. The van der Waals surface area contributed by atoms with Crippen molar-refractivity contribution in [1.29, 1.82) is 0 Å². The maximum Gasteiger partial charge on any atom is 0.0900 e. The molecule has 146 valence electrons. The molecule has 0 aromatic heterocycles. The Bertz CT molecular complexity index is 395. The number of hydrogen-bond acceptors (Lipinski definition) is 3. The molecule has 4 saturated carbocycles. The van der Waals surface area contributed by atoms with Crippen LogP contribution < -0.4 is 0 Å². The lowest BCUT2D eigenvalue weighted by atomic mass is 9.49. The first-order valence-electron chi connectivity index (χ1n) is 10.6. The molecule has 0 aromatic rings. The van der Waals surface area contributed by atoms with Crippen LogP contribution in [0.25, 0.3) is 0 Å². The lowest BCUT2D eigenvalue weighted by molar-refractivity contribution is -0.0746. The molecule has 1 heterocycles. The summed E-state index contributed by atoms with van der Waals surface area (Å²) in [7, 11) is 0. The fourth-order valence-corrected chi connectivity index (χ4v) is 6.86. The molecule has 2 atom stereocenters. The number of ether oxygens (including phenoxy) is 1. The van der Waals surface area contributed by atoms with Gasteiger partial charge >= 0.3 is 0 Å². The van der Waals surface area contributed by atoms with Gasteiger partial charge in [0.15, 0.2) is 0 Å². The Morgan fingerprint density at radius 3 is 2.32 bits per heavy atom. The van der Waals surface area contributed by atoms with E-state index in [1.807, 2.05) is 0 Å². The molecule has 0 radical (unpaired) electrons. The van der Waals surface area contributed by atoms with Crippen LogP contribution in [0, 0.1) is 23.2 Å². The summed E-state index contributed by atoms with van der Waals surface area (Å²) in [4.78, 5) is 2.44. The summed E-state index contributed by atoms with van der Waals surface area (Å²) in [6.07, 6.45) is 13.8. The molecule has 3 nitrogen and oxygen atoms in total. The quantitative estimate of drug-likeness (QED) is 0.678. The van der Waals surface area contributed by atoms with Crippen molar-refractivity contribution >= 4 is 12.4 Å². The first-order chi connectivity index (χ1) is 11.6. The first kappa shape index (κ1) is 19.9. The highest BCUT2D eigenvalue weighted by Crippen LogP contribution is 2.61. The summed E-state index contributed by atoms with van der Waals surface area (Å²) in [5.74, 6) is 3.09. The standard InChI is InChI=1S/C21H37NO2.ClH/c1-16-4-2-3-6-22(16)14-20(23)15-24-7-5-21-11-17-8-18(12-21)10-19(9-17)13-21;/h16-20,23H,2-15H2,1H3;1H. The molecule has 1 saturated heterocycles. The molecule has 5 fully saturated rings. The minimum absolute atomic E-state index is 0. The van der Waals surface area contributed by atoms with E-state index in [0.29, 0.717) is 18.1 Å². The number of aliphatic hydroxyl groups excluding tert-OH is 1. The zero-order valence-corrected chi connectivity index (χ0v) is 16.8. The number of nitrogens with zero attached hydrogens (tertiary/aromatic N) is 1. The second-order valence-corrected chi connectivity index (χ2v) is 9.74. The summed E-state index contributed by atoms with van der Waals surface area (Å²) in [6, 6.07) is 0.625. The van der Waals surface area contributed by atoms with Gasteiger partial charge < -0.3 is 9.84 Å². The second-order valence-electron chi connectivity index (χ2n) is 9.74. The van der Waals surface area contributed by atoms with Crippen molar-refractivity contribution in [3.05, 3.63) is 0 Å². The summed E-state index contributed by atoms with van der Waals surface area (Å²) in [5.41, 5.74) is 0.612. The summed E-state index contributed by atoms with van der Waals surface area (Å²) in [5, 5.41) is 10.3. The maximum atomic E-state index is 10.3. The highest BCUT2D eigenvalue weighted by atomic mass is 35.5. The Kier molecular flexibility index (Phi) is 6.74. The molecular formula is C21H38ClNO2. The van der Waals surface area contributed by atoms with Crippen LogP contribution in [0.1, 0.15) is 71.1 Å². The van der Waals surface area contributed by atoms with E-state index in [2.05, 4.69) is 11.8 Å². The molecule has 5 rings (SSSR count). The molecule has 1 N–H and O–H groups in total. The molecule has 4 heteroatoms. The van der Waals surface area contributed by atoms with E-state index in [-0.39, 0.29) is 18.5 Å². The minimum Gasteiger partial charge on any atom is -0.389 e. The van der Waals surface area contributed by atoms with E-state index < -0.39 is 0 Å². The predicted molar refractivity (Wildman–Crippen MR) is 104 cm³/mol. The average molecular weight is 372 g/mol. The zero-order chi connectivity index (χ0) is 16.6. The molecule has 2 unspecified atom stereocenters. The SMILES string of the molecule is CC1CCCCN1CC(O)COCCC12CC3CC(CC(C3)C1)C2.Cl. The van der Waals surface area contributed by atoms with Gasteiger partial charge in [0.2, 0.25) is 0 Å². The number of hydrogen-bond donors (Lipinski definition) is 1. The zero-order valence-electron chi connectivity index (χ0n) is 16.0. The molecule has 0 spiro atoms. The van der Waals surface area contributed by atoms with Crippen molar-refractivity contribution in [2.75, 3.05) is 26.3 Å². The Labute approximate surface area is 160 Å². The lowest BCUT2D eigenvalue weighted by Gasteiger charge is -2.57. The predicted octanol–water partition coefficient (Wildman–Crippen LogP) is 4.27. The molecule has 5 aliphatic rings. The molecule has 1 aliphatic heterocycles. The first-order valence-corrected chi connectivity index (χ1v) is 10.6. The van der Waals surface area contributed by atoms with Crippen LogP contribution in [0.15, 0.2) is 0 Å². The molecule has 4 aliphatic carbocycles. The van der Waals surface area contributed by atoms with Gasteiger partial charge in [0.25, 0.3) is 0 Å². The Hall–Kier alpha value is 0.170. The van der Waals surface area contributed by atoms with Crippen LogP contribution in [-0.4, -0.2) is 48.5 Å². The highest BCUT2D eigenvalue weighted by Gasteiger charge is 2.50. The monoisotopic (exact) mass is 371 g/mol. The molecule has 25 heavy (non-hydrogen) atoms. The van der Waals surface area contributed by atoms with Crippen LogP contribution in [-0.2, 0) is 4.74 Å². The van der Waals surface area contributed by atoms with Gasteiger partial charge in [-0.1, -0.05) is 6.42 Å².